The van der Waals surface area contributed by atoms with Gasteiger partial charge in [-0.1, -0.05) is 24.3 Å². The number of fused-ring (bicyclic) bond motifs is 2. The summed E-state index contributed by atoms with van der Waals surface area (Å²) >= 11 is 0. The fourth-order valence-electron chi connectivity index (χ4n) is 3.51. The van der Waals surface area contributed by atoms with Crippen molar-refractivity contribution in [1.82, 2.24) is 19.5 Å². The highest BCUT2D eigenvalue weighted by Gasteiger charge is 2.19. The highest BCUT2D eigenvalue weighted by molar-refractivity contribution is 5.86. The summed E-state index contributed by atoms with van der Waals surface area (Å²) in [4.78, 5) is 25.0. The van der Waals surface area contributed by atoms with Crippen molar-refractivity contribution in [3.63, 3.8) is 0 Å². The molecular weight excluding hydrogens is 394 g/mol. The number of benzene rings is 3. The maximum atomic E-state index is 11.3. The van der Waals surface area contributed by atoms with Crippen LogP contribution in [0, 0.1) is 10.1 Å². The van der Waals surface area contributed by atoms with Gasteiger partial charge >= 0.3 is 0 Å². The van der Waals surface area contributed by atoms with Crippen molar-refractivity contribution >= 4 is 28.0 Å². The Morgan fingerprint density at radius 3 is 2.39 bits per heavy atom. The topological polar surface area (TPSA) is 96.0 Å². The summed E-state index contributed by atoms with van der Waals surface area (Å²) in [6.45, 7) is 2.50. The molecule has 0 bridgehead atoms. The van der Waals surface area contributed by atoms with Crippen LogP contribution in [0.5, 0.6) is 5.75 Å². The quantitative estimate of drug-likeness (QED) is 0.300. The largest absolute Gasteiger partial charge is 0.494 e. The average Bonchev–Trinajstić information content (AvgIpc) is 3.16. The van der Waals surface area contributed by atoms with E-state index in [0.717, 1.165) is 22.5 Å². The van der Waals surface area contributed by atoms with E-state index in [4.69, 9.17) is 14.7 Å². The Morgan fingerprint density at radius 2 is 1.68 bits per heavy atom. The lowest BCUT2D eigenvalue weighted by Crippen LogP contribution is -2.00. The number of rotatable bonds is 5. The minimum atomic E-state index is -0.418. The third-order valence-corrected chi connectivity index (χ3v) is 4.89. The molecule has 0 unspecified atom stereocenters. The summed E-state index contributed by atoms with van der Waals surface area (Å²) in [7, 11) is 0. The second-order valence-corrected chi connectivity index (χ2v) is 6.86. The lowest BCUT2D eigenvalue weighted by molar-refractivity contribution is -0.384. The molecule has 8 heteroatoms. The van der Waals surface area contributed by atoms with Gasteiger partial charge in [0, 0.05) is 23.4 Å². The Kier molecular flexibility index (Phi) is 4.51. The van der Waals surface area contributed by atoms with E-state index in [1.165, 1.54) is 12.1 Å². The van der Waals surface area contributed by atoms with E-state index in [9.17, 15) is 10.1 Å². The van der Waals surface area contributed by atoms with Crippen molar-refractivity contribution in [2.75, 3.05) is 6.61 Å². The Morgan fingerprint density at radius 1 is 0.935 bits per heavy atom. The molecule has 0 aliphatic rings. The van der Waals surface area contributed by atoms with Crippen molar-refractivity contribution in [3.8, 4) is 22.8 Å². The molecule has 0 saturated heterocycles. The molecule has 2 heterocycles. The van der Waals surface area contributed by atoms with Crippen LogP contribution < -0.4 is 4.74 Å². The smallest absolute Gasteiger partial charge is 0.270 e. The molecule has 5 rings (SSSR count). The number of para-hydroxylation sites is 2. The van der Waals surface area contributed by atoms with Gasteiger partial charge in [0.2, 0.25) is 0 Å². The van der Waals surface area contributed by atoms with Gasteiger partial charge < -0.3 is 4.74 Å². The van der Waals surface area contributed by atoms with E-state index < -0.39 is 4.92 Å². The molecule has 0 atom stereocenters. The van der Waals surface area contributed by atoms with E-state index in [0.29, 0.717) is 29.3 Å². The SMILES string of the molecule is CCOc1ccc(-n2c(-c3cccc([N+](=O)[O-])c3)nc3nc4ccccc4nc32)cc1. The molecule has 2 aromatic heterocycles. The van der Waals surface area contributed by atoms with Gasteiger partial charge in [-0.05, 0) is 43.3 Å². The zero-order chi connectivity index (χ0) is 21.4. The minimum absolute atomic E-state index is 0.00567. The van der Waals surface area contributed by atoms with Crippen LogP contribution in [0.25, 0.3) is 39.4 Å². The third-order valence-electron chi connectivity index (χ3n) is 4.89. The van der Waals surface area contributed by atoms with Gasteiger partial charge in [-0.15, -0.1) is 0 Å². The molecule has 0 radical (unpaired) electrons. The molecule has 0 spiro atoms. The lowest BCUT2D eigenvalue weighted by atomic mass is 10.2. The first-order valence-electron chi connectivity index (χ1n) is 9.77. The second kappa shape index (κ2) is 7.49. The standard InChI is InChI=1S/C23H17N5O3/c1-2-31-18-12-10-16(11-13-18)27-22(15-6-5-7-17(14-15)28(29)30)26-21-23(27)25-20-9-4-3-8-19(20)24-21/h3-14H,2H2,1H3. The molecule has 31 heavy (non-hydrogen) atoms. The number of nitro groups is 1. The number of nitro benzene ring substituents is 1. The number of hydrogen-bond donors (Lipinski definition) is 0. The van der Waals surface area contributed by atoms with Crippen LogP contribution in [-0.2, 0) is 0 Å². The lowest BCUT2D eigenvalue weighted by Gasteiger charge is -2.10. The number of ether oxygens (including phenoxy) is 1. The Balaban J connectivity index is 1.79. The van der Waals surface area contributed by atoms with Crippen LogP contribution in [0.3, 0.4) is 0 Å². The van der Waals surface area contributed by atoms with Gasteiger partial charge in [0.1, 0.15) is 11.6 Å². The molecule has 0 amide bonds. The summed E-state index contributed by atoms with van der Waals surface area (Å²) in [5.74, 6) is 1.28. The Hall–Kier alpha value is -4.33. The number of aromatic nitrogens is 4. The zero-order valence-electron chi connectivity index (χ0n) is 16.6. The molecule has 0 aliphatic carbocycles. The summed E-state index contributed by atoms with van der Waals surface area (Å²) in [5, 5.41) is 11.3. The molecular formula is C23H17N5O3. The van der Waals surface area contributed by atoms with Gasteiger partial charge in [-0.25, -0.2) is 15.0 Å². The molecule has 3 aromatic carbocycles. The van der Waals surface area contributed by atoms with Crippen molar-refractivity contribution in [1.29, 1.82) is 0 Å². The molecule has 0 fully saturated rings. The maximum Gasteiger partial charge on any atom is 0.270 e. The maximum absolute atomic E-state index is 11.3. The number of nitrogens with zero attached hydrogens (tertiary/aromatic N) is 5. The summed E-state index contributed by atoms with van der Waals surface area (Å²) in [6, 6.07) is 21.5. The zero-order valence-corrected chi connectivity index (χ0v) is 16.6. The van der Waals surface area contributed by atoms with Crippen LogP contribution in [0.4, 0.5) is 5.69 Å². The fourth-order valence-corrected chi connectivity index (χ4v) is 3.51. The van der Waals surface area contributed by atoms with Crippen LogP contribution in [0.15, 0.2) is 72.8 Å². The molecule has 5 aromatic rings. The van der Waals surface area contributed by atoms with Gasteiger partial charge in [-0.2, -0.15) is 0 Å². The van der Waals surface area contributed by atoms with Crippen molar-refractivity contribution < 1.29 is 9.66 Å². The van der Waals surface area contributed by atoms with Crippen LogP contribution in [-0.4, -0.2) is 31.0 Å². The molecule has 0 saturated carbocycles. The summed E-state index contributed by atoms with van der Waals surface area (Å²) in [6.07, 6.45) is 0. The Labute approximate surface area is 176 Å². The number of non-ortho nitro benzene ring substituents is 1. The monoisotopic (exact) mass is 411 g/mol. The Bertz CT molecular complexity index is 1430. The fraction of sp³-hybridized carbons (Fsp3) is 0.0870. The van der Waals surface area contributed by atoms with E-state index in [2.05, 4.69) is 4.98 Å². The summed E-state index contributed by atoms with van der Waals surface area (Å²) < 4.78 is 7.42. The van der Waals surface area contributed by atoms with E-state index >= 15 is 0 Å². The van der Waals surface area contributed by atoms with Crippen LogP contribution in [0.1, 0.15) is 6.92 Å². The highest BCUT2D eigenvalue weighted by Crippen LogP contribution is 2.30. The molecule has 0 aliphatic heterocycles. The molecule has 8 nitrogen and oxygen atoms in total. The predicted molar refractivity (Wildman–Crippen MR) is 117 cm³/mol. The molecule has 152 valence electrons. The second-order valence-electron chi connectivity index (χ2n) is 6.86. The number of hydrogen-bond acceptors (Lipinski definition) is 6. The van der Waals surface area contributed by atoms with E-state index in [-0.39, 0.29) is 5.69 Å². The average molecular weight is 411 g/mol. The summed E-state index contributed by atoms with van der Waals surface area (Å²) in [5.41, 5.74) is 3.92. The van der Waals surface area contributed by atoms with Gasteiger partial charge in [0.05, 0.1) is 22.6 Å². The first kappa shape index (κ1) is 18.7. The van der Waals surface area contributed by atoms with Crippen molar-refractivity contribution in [2.45, 2.75) is 6.92 Å². The minimum Gasteiger partial charge on any atom is -0.494 e. The van der Waals surface area contributed by atoms with Crippen molar-refractivity contribution in [2.24, 2.45) is 0 Å². The van der Waals surface area contributed by atoms with Crippen LogP contribution >= 0.6 is 0 Å². The highest BCUT2D eigenvalue weighted by atomic mass is 16.6. The predicted octanol–water partition coefficient (Wildman–Crippen LogP) is 4.94. The van der Waals surface area contributed by atoms with Crippen molar-refractivity contribution in [3.05, 3.63) is 82.9 Å². The normalized spacial score (nSPS) is 11.1. The first-order valence-corrected chi connectivity index (χ1v) is 9.77. The van der Waals surface area contributed by atoms with Gasteiger partial charge in [0.15, 0.2) is 11.3 Å². The third kappa shape index (κ3) is 3.33. The molecule has 0 N–H and O–H groups in total. The van der Waals surface area contributed by atoms with E-state index in [1.807, 2.05) is 60.0 Å². The van der Waals surface area contributed by atoms with Gasteiger partial charge in [0.25, 0.3) is 5.69 Å². The van der Waals surface area contributed by atoms with Gasteiger partial charge in [-0.3, -0.25) is 14.7 Å². The first-order chi connectivity index (χ1) is 15.1. The number of imidazole rings is 1. The van der Waals surface area contributed by atoms with E-state index in [1.54, 1.807) is 12.1 Å². The van der Waals surface area contributed by atoms with Crippen LogP contribution in [0.2, 0.25) is 0 Å².